The lowest BCUT2D eigenvalue weighted by atomic mass is 9.82. The average molecular weight is 593 g/mol. The van der Waals surface area contributed by atoms with Gasteiger partial charge in [0.15, 0.2) is 0 Å². The third-order valence-corrected chi connectivity index (χ3v) is 9.23. The van der Waals surface area contributed by atoms with E-state index in [0.29, 0.717) is 17.8 Å². The Balaban J connectivity index is 1.48. The predicted molar refractivity (Wildman–Crippen MR) is 190 cm³/mol. The van der Waals surface area contributed by atoms with Crippen LogP contribution in [0.15, 0.2) is 132 Å². The highest BCUT2D eigenvalue weighted by Gasteiger charge is 2.31. The molecule has 2 aliphatic heterocycles. The summed E-state index contributed by atoms with van der Waals surface area (Å²) in [6, 6.07) is 0.255. The molecule has 3 N–H and O–H groups in total. The molecule has 0 amide bonds. The number of hydrogen-bond acceptors (Lipinski definition) is 4. The second-order valence-electron chi connectivity index (χ2n) is 12.9. The molecule has 0 radical (unpaired) electrons. The molecule has 4 heteroatoms. The monoisotopic (exact) mass is 592 g/mol. The smallest absolute Gasteiger partial charge is 0.0828 e. The molecular formula is C40H56N4. The lowest BCUT2D eigenvalue weighted by Crippen LogP contribution is -2.43. The van der Waals surface area contributed by atoms with E-state index in [-0.39, 0.29) is 6.04 Å². The van der Waals surface area contributed by atoms with Gasteiger partial charge in [0, 0.05) is 12.2 Å². The quantitative estimate of drug-likeness (QED) is 0.156. The Morgan fingerprint density at radius 3 is 2.66 bits per heavy atom. The van der Waals surface area contributed by atoms with Crippen molar-refractivity contribution in [3.05, 3.63) is 132 Å². The molecule has 0 saturated carbocycles. The lowest BCUT2D eigenvalue weighted by molar-refractivity contribution is 0.209. The van der Waals surface area contributed by atoms with E-state index in [1.165, 1.54) is 41.1 Å². The first-order valence-corrected chi connectivity index (χ1v) is 16.9. The summed E-state index contributed by atoms with van der Waals surface area (Å²) in [5.74, 6) is 1.57. The SMILES string of the molecule is C=C(\C=C/C(=C\C)C1=C/C=C/CC(/C=C\C(=C)C2=C(C3CCC=C(C)N3)NNN2CC2CC=CCC2)C(C)C\1)/C=C/CCC. The molecule has 4 nitrogen and oxygen atoms in total. The zero-order chi connectivity index (χ0) is 31.3. The first-order chi connectivity index (χ1) is 21.4. The van der Waals surface area contributed by atoms with E-state index in [2.05, 4.69) is 141 Å². The fraction of sp³-hybridized carbons (Fsp3) is 0.450. The van der Waals surface area contributed by atoms with Crippen molar-refractivity contribution in [2.75, 3.05) is 6.54 Å². The van der Waals surface area contributed by atoms with Gasteiger partial charge in [0.05, 0.1) is 17.4 Å². The summed E-state index contributed by atoms with van der Waals surface area (Å²) in [4.78, 5) is 0. The van der Waals surface area contributed by atoms with Gasteiger partial charge in [0.2, 0.25) is 0 Å². The number of allylic oxidation sites excluding steroid dienone is 17. The maximum atomic E-state index is 4.64. The van der Waals surface area contributed by atoms with Crippen LogP contribution in [-0.4, -0.2) is 17.6 Å². The Bertz CT molecular complexity index is 1290. The first-order valence-electron chi connectivity index (χ1n) is 16.9. The number of nitrogens with zero attached hydrogens (tertiary/aromatic N) is 1. The Kier molecular flexibility index (Phi) is 13.0. The minimum atomic E-state index is 0.255. The standard InChI is InChI=1S/C40H56N4/c1-7-9-11-17-30(3)24-26-35(8-2)37-22-15-14-21-36(32(5)28-37)27-25-31(4)40-39(38-23-16-18-33(6)41-38)42-43-44(40)29-34-19-12-10-13-20-34/h8,10-12,14-15,17-18,22,24-27,32,34,36,38,41-43H,3-4,7,9,13,16,19-21,23,28-29H2,1-2,5-6H3/b15-14+,17-11+,26-24-,27-25-,35-8+,37-22+. The summed E-state index contributed by atoms with van der Waals surface area (Å²) in [5, 5.41) is 6.03. The van der Waals surface area contributed by atoms with Crippen molar-refractivity contribution in [1.82, 2.24) is 21.3 Å². The molecule has 0 aromatic heterocycles. The van der Waals surface area contributed by atoms with Crippen molar-refractivity contribution in [2.45, 2.75) is 91.5 Å². The summed E-state index contributed by atoms with van der Waals surface area (Å²) < 4.78 is 0. The molecule has 0 aromatic carbocycles. The number of hydrazine groups is 2. The summed E-state index contributed by atoms with van der Waals surface area (Å²) in [7, 11) is 0. The Hall–Kier alpha value is -3.50. The molecule has 0 aromatic rings. The van der Waals surface area contributed by atoms with E-state index in [0.717, 1.165) is 62.6 Å². The van der Waals surface area contributed by atoms with Crippen molar-refractivity contribution >= 4 is 0 Å². The van der Waals surface area contributed by atoms with Crippen LogP contribution in [0.4, 0.5) is 0 Å². The van der Waals surface area contributed by atoms with Gasteiger partial charge in [-0.2, -0.15) is 0 Å². The van der Waals surface area contributed by atoms with E-state index in [1.54, 1.807) is 0 Å². The Morgan fingerprint density at radius 1 is 1.05 bits per heavy atom. The average Bonchev–Trinajstić information content (AvgIpc) is 3.43. The second kappa shape index (κ2) is 17.1. The maximum Gasteiger partial charge on any atom is 0.0828 e. The molecule has 0 saturated heterocycles. The van der Waals surface area contributed by atoms with Crippen LogP contribution < -0.4 is 16.3 Å². The first kappa shape index (κ1) is 33.4. The molecule has 0 fully saturated rings. The maximum absolute atomic E-state index is 4.64. The minimum Gasteiger partial charge on any atom is -0.380 e. The predicted octanol–water partition coefficient (Wildman–Crippen LogP) is 9.59. The molecule has 4 aliphatic rings. The zero-order valence-electron chi connectivity index (χ0n) is 27.7. The van der Waals surface area contributed by atoms with E-state index in [1.807, 2.05) is 0 Å². The normalized spacial score (nSPS) is 28.5. The van der Waals surface area contributed by atoms with Crippen molar-refractivity contribution in [2.24, 2.45) is 17.8 Å². The topological polar surface area (TPSA) is 39.3 Å². The van der Waals surface area contributed by atoms with Crippen molar-refractivity contribution in [1.29, 1.82) is 0 Å². The van der Waals surface area contributed by atoms with Crippen LogP contribution in [0.1, 0.15) is 85.5 Å². The van der Waals surface area contributed by atoms with E-state index in [9.17, 15) is 0 Å². The van der Waals surface area contributed by atoms with Crippen LogP contribution in [0.5, 0.6) is 0 Å². The fourth-order valence-electron chi connectivity index (χ4n) is 6.55. The third kappa shape index (κ3) is 9.50. The Labute approximate surface area is 268 Å². The van der Waals surface area contributed by atoms with Crippen LogP contribution in [0.3, 0.4) is 0 Å². The largest absolute Gasteiger partial charge is 0.380 e. The van der Waals surface area contributed by atoms with Gasteiger partial charge in [0.25, 0.3) is 0 Å². The second-order valence-corrected chi connectivity index (χ2v) is 12.9. The van der Waals surface area contributed by atoms with Crippen LogP contribution in [0.2, 0.25) is 0 Å². The van der Waals surface area contributed by atoms with E-state index >= 15 is 0 Å². The van der Waals surface area contributed by atoms with E-state index in [4.69, 9.17) is 0 Å². The molecule has 2 heterocycles. The highest BCUT2D eigenvalue weighted by molar-refractivity contribution is 5.46. The van der Waals surface area contributed by atoms with Crippen molar-refractivity contribution in [3.63, 3.8) is 0 Å². The van der Waals surface area contributed by atoms with E-state index < -0.39 is 0 Å². The van der Waals surface area contributed by atoms with Crippen molar-refractivity contribution < 1.29 is 0 Å². The molecule has 236 valence electrons. The van der Waals surface area contributed by atoms with Gasteiger partial charge in [-0.25, -0.2) is 0 Å². The highest BCUT2D eigenvalue weighted by Crippen LogP contribution is 2.33. The minimum absolute atomic E-state index is 0.255. The fourth-order valence-corrected chi connectivity index (χ4v) is 6.55. The molecule has 4 rings (SSSR count). The summed E-state index contributed by atoms with van der Waals surface area (Å²) >= 11 is 0. The van der Waals surface area contributed by atoms with Gasteiger partial charge in [-0.1, -0.05) is 112 Å². The van der Waals surface area contributed by atoms with Gasteiger partial charge in [-0.3, -0.25) is 5.01 Å². The van der Waals surface area contributed by atoms with Crippen LogP contribution in [0, 0.1) is 17.8 Å². The summed E-state index contributed by atoms with van der Waals surface area (Å²) in [6.07, 6.45) is 39.5. The zero-order valence-corrected chi connectivity index (χ0v) is 27.7. The summed E-state index contributed by atoms with van der Waals surface area (Å²) in [6.45, 7) is 18.7. The molecule has 0 bridgehead atoms. The number of nitrogens with one attached hydrogen (secondary N) is 3. The molecule has 4 atom stereocenters. The number of rotatable bonds is 12. The molecule has 44 heavy (non-hydrogen) atoms. The van der Waals surface area contributed by atoms with Gasteiger partial charge in [0.1, 0.15) is 0 Å². The summed E-state index contributed by atoms with van der Waals surface area (Å²) in [5.41, 5.74) is 15.5. The van der Waals surface area contributed by atoms with Gasteiger partial charge in [-0.05, 0) is 105 Å². The van der Waals surface area contributed by atoms with Crippen LogP contribution in [0.25, 0.3) is 0 Å². The van der Waals surface area contributed by atoms with Crippen molar-refractivity contribution in [3.8, 4) is 0 Å². The molecular weight excluding hydrogens is 536 g/mol. The molecule has 2 aliphatic carbocycles. The van der Waals surface area contributed by atoms with Gasteiger partial charge >= 0.3 is 0 Å². The molecule has 0 spiro atoms. The van der Waals surface area contributed by atoms with Gasteiger partial charge in [-0.15, -0.1) is 5.53 Å². The van der Waals surface area contributed by atoms with Crippen LogP contribution in [-0.2, 0) is 0 Å². The molecule has 4 unspecified atom stereocenters. The van der Waals surface area contributed by atoms with Gasteiger partial charge < -0.3 is 10.7 Å². The van der Waals surface area contributed by atoms with Crippen LogP contribution >= 0.6 is 0 Å². The highest BCUT2D eigenvalue weighted by atomic mass is 15.7. The number of unbranched alkanes of at least 4 members (excludes halogenated alkanes) is 1. The Morgan fingerprint density at radius 2 is 1.91 bits per heavy atom. The third-order valence-electron chi connectivity index (χ3n) is 9.23. The lowest BCUT2D eigenvalue weighted by Gasteiger charge is -2.29. The number of hydrogen-bond donors (Lipinski definition) is 3.